The van der Waals surface area contributed by atoms with Crippen LogP contribution in [0.3, 0.4) is 0 Å². The first kappa shape index (κ1) is 14.3. The van der Waals surface area contributed by atoms with E-state index >= 15 is 0 Å². The number of ketones is 2. The molecule has 0 N–H and O–H groups in total. The van der Waals surface area contributed by atoms with Crippen LogP contribution in [-0.4, -0.2) is 11.6 Å². The van der Waals surface area contributed by atoms with Crippen LogP contribution in [0, 0.1) is 0 Å². The van der Waals surface area contributed by atoms with Gasteiger partial charge in [-0.15, -0.1) is 0 Å². The number of benzene rings is 2. The zero-order chi connectivity index (χ0) is 15.0. The third-order valence-electron chi connectivity index (χ3n) is 3.34. The molecule has 0 saturated heterocycles. The standard InChI is InChI=1S/C17H11BrO2S/c1-10-15(19)13-4-2-3-5-14(13)16(20)17(10)21-12-8-6-11(18)7-9-12/h2-9H,1H3. The second-order valence-electron chi connectivity index (χ2n) is 4.71. The molecule has 0 fully saturated rings. The maximum Gasteiger partial charge on any atom is 0.200 e. The second kappa shape index (κ2) is 5.62. The molecule has 0 unspecified atom stereocenters. The van der Waals surface area contributed by atoms with Gasteiger partial charge in [-0.2, -0.15) is 0 Å². The van der Waals surface area contributed by atoms with E-state index in [1.165, 1.54) is 11.8 Å². The fourth-order valence-corrected chi connectivity index (χ4v) is 3.44. The topological polar surface area (TPSA) is 34.1 Å². The maximum absolute atomic E-state index is 12.6. The highest BCUT2D eigenvalue weighted by Crippen LogP contribution is 2.37. The van der Waals surface area contributed by atoms with Crippen molar-refractivity contribution < 1.29 is 9.59 Å². The molecule has 0 bridgehead atoms. The number of Topliss-reactive ketones (excluding diaryl/α,β-unsaturated/α-hetero) is 2. The van der Waals surface area contributed by atoms with Crippen LogP contribution in [-0.2, 0) is 0 Å². The van der Waals surface area contributed by atoms with Crippen LogP contribution in [0.25, 0.3) is 0 Å². The monoisotopic (exact) mass is 358 g/mol. The number of carbonyl (C=O) groups is 2. The highest BCUT2D eigenvalue weighted by atomic mass is 79.9. The third kappa shape index (κ3) is 2.61. The summed E-state index contributed by atoms with van der Waals surface area (Å²) in [5, 5.41) is 0. The van der Waals surface area contributed by atoms with E-state index in [2.05, 4.69) is 15.9 Å². The molecule has 0 spiro atoms. The van der Waals surface area contributed by atoms with Crippen molar-refractivity contribution in [2.45, 2.75) is 11.8 Å². The van der Waals surface area contributed by atoms with Crippen LogP contribution in [0.5, 0.6) is 0 Å². The van der Waals surface area contributed by atoms with Crippen molar-refractivity contribution >= 4 is 39.3 Å². The maximum atomic E-state index is 12.6. The van der Waals surface area contributed by atoms with Gasteiger partial charge in [-0.25, -0.2) is 0 Å². The molecular weight excluding hydrogens is 348 g/mol. The van der Waals surface area contributed by atoms with Gasteiger partial charge in [-0.05, 0) is 31.2 Å². The molecular formula is C17H11BrO2S. The molecule has 0 atom stereocenters. The lowest BCUT2D eigenvalue weighted by Crippen LogP contribution is -2.19. The first-order chi connectivity index (χ1) is 10.1. The Hall–Kier alpha value is -1.65. The molecule has 0 aliphatic heterocycles. The van der Waals surface area contributed by atoms with Gasteiger partial charge in [0.1, 0.15) is 0 Å². The molecule has 21 heavy (non-hydrogen) atoms. The van der Waals surface area contributed by atoms with E-state index in [9.17, 15) is 9.59 Å². The molecule has 0 amide bonds. The summed E-state index contributed by atoms with van der Waals surface area (Å²) in [5.41, 5.74) is 1.51. The van der Waals surface area contributed by atoms with Crippen LogP contribution in [0.1, 0.15) is 27.6 Å². The third-order valence-corrected chi connectivity index (χ3v) is 5.07. The number of fused-ring (bicyclic) bond motifs is 1. The van der Waals surface area contributed by atoms with Crippen molar-refractivity contribution in [1.82, 2.24) is 0 Å². The number of halogens is 1. The Morgan fingerprint density at radius 1 is 0.857 bits per heavy atom. The number of rotatable bonds is 2. The number of hydrogen-bond acceptors (Lipinski definition) is 3. The predicted molar refractivity (Wildman–Crippen MR) is 87.8 cm³/mol. The summed E-state index contributed by atoms with van der Waals surface area (Å²) in [4.78, 5) is 26.4. The summed E-state index contributed by atoms with van der Waals surface area (Å²) in [6.07, 6.45) is 0. The van der Waals surface area contributed by atoms with E-state index in [4.69, 9.17) is 0 Å². The van der Waals surface area contributed by atoms with Crippen LogP contribution in [0.15, 0.2) is 68.4 Å². The lowest BCUT2D eigenvalue weighted by atomic mass is 9.90. The quantitative estimate of drug-likeness (QED) is 0.765. The minimum absolute atomic E-state index is 0.0650. The Labute approximate surface area is 135 Å². The summed E-state index contributed by atoms with van der Waals surface area (Å²) in [6, 6.07) is 14.7. The van der Waals surface area contributed by atoms with Crippen LogP contribution >= 0.6 is 27.7 Å². The van der Waals surface area contributed by atoms with E-state index in [-0.39, 0.29) is 11.6 Å². The molecule has 2 aromatic carbocycles. The zero-order valence-electron chi connectivity index (χ0n) is 11.2. The van der Waals surface area contributed by atoms with Gasteiger partial charge in [-0.1, -0.05) is 52.0 Å². The molecule has 0 saturated carbocycles. The average Bonchev–Trinajstić information content (AvgIpc) is 2.51. The van der Waals surface area contributed by atoms with Crippen molar-refractivity contribution in [2.75, 3.05) is 0 Å². The number of carbonyl (C=O) groups excluding carboxylic acids is 2. The highest BCUT2D eigenvalue weighted by molar-refractivity contribution is 9.10. The van der Waals surface area contributed by atoms with Gasteiger partial charge in [0.25, 0.3) is 0 Å². The molecule has 4 heteroatoms. The van der Waals surface area contributed by atoms with Crippen LogP contribution in [0.4, 0.5) is 0 Å². The Morgan fingerprint density at radius 3 is 2.05 bits per heavy atom. The van der Waals surface area contributed by atoms with E-state index < -0.39 is 0 Å². The Bertz CT molecular complexity index is 776. The molecule has 2 aromatic rings. The molecule has 0 radical (unpaired) electrons. The number of allylic oxidation sites excluding steroid dienone is 2. The SMILES string of the molecule is CC1=C(Sc2ccc(Br)cc2)C(=O)c2ccccc2C1=O. The Kier molecular flexibility index (Phi) is 3.83. The van der Waals surface area contributed by atoms with Gasteiger partial charge < -0.3 is 0 Å². The minimum Gasteiger partial charge on any atom is -0.289 e. The summed E-state index contributed by atoms with van der Waals surface area (Å²) in [5.74, 6) is -0.138. The lowest BCUT2D eigenvalue weighted by molar-refractivity contribution is 0.0981. The normalized spacial score (nSPS) is 14.4. The predicted octanol–water partition coefficient (Wildman–Crippen LogP) is 4.89. The molecule has 1 aliphatic rings. The van der Waals surface area contributed by atoms with Crippen LogP contribution < -0.4 is 0 Å². The second-order valence-corrected chi connectivity index (χ2v) is 6.71. The van der Waals surface area contributed by atoms with Crippen molar-refractivity contribution in [1.29, 1.82) is 0 Å². The summed E-state index contributed by atoms with van der Waals surface area (Å²) < 4.78 is 0.981. The fraction of sp³-hybridized carbons (Fsp3) is 0.0588. The zero-order valence-corrected chi connectivity index (χ0v) is 13.6. The minimum atomic E-state index is -0.0735. The van der Waals surface area contributed by atoms with E-state index in [0.29, 0.717) is 21.6 Å². The molecule has 2 nitrogen and oxygen atoms in total. The Balaban J connectivity index is 2.02. The van der Waals surface area contributed by atoms with Gasteiger partial charge >= 0.3 is 0 Å². The smallest absolute Gasteiger partial charge is 0.200 e. The highest BCUT2D eigenvalue weighted by Gasteiger charge is 2.29. The molecule has 0 aromatic heterocycles. The molecule has 104 valence electrons. The van der Waals surface area contributed by atoms with Crippen molar-refractivity contribution in [3.8, 4) is 0 Å². The van der Waals surface area contributed by atoms with E-state index in [1.54, 1.807) is 31.2 Å². The van der Waals surface area contributed by atoms with Crippen molar-refractivity contribution in [2.24, 2.45) is 0 Å². The van der Waals surface area contributed by atoms with Crippen molar-refractivity contribution in [3.05, 3.63) is 74.6 Å². The fourth-order valence-electron chi connectivity index (χ4n) is 2.22. The van der Waals surface area contributed by atoms with E-state index in [1.807, 2.05) is 24.3 Å². The first-order valence-corrected chi connectivity index (χ1v) is 8.01. The molecule has 3 rings (SSSR count). The van der Waals surface area contributed by atoms with Gasteiger partial charge in [0, 0.05) is 26.1 Å². The average molecular weight is 359 g/mol. The first-order valence-electron chi connectivity index (χ1n) is 6.40. The van der Waals surface area contributed by atoms with Gasteiger partial charge in [0.15, 0.2) is 5.78 Å². The van der Waals surface area contributed by atoms with E-state index in [0.717, 1.165) is 9.37 Å². The van der Waals surface area contributed by atoms with Gasteiger partial charge in [0.05, 0.1) is 4.91 Å². The van der Waals surface area contributed by atoms with Crippen LogP contribution in [0.2, 0.25) is 0 Å². The van der Waals surface area contributed by atoms with Crippen molar-refractivity contribution in [3.63, 3.8) is 0 Å². The lowest BCUT2D eigenvalue weighted by Gasteiger charge is -2.18. The largest absolute Gasteiger partial charge is 0.289 e. The number of hydrogen-bond donors (Lipinski definition) is 0. The number of thioether (sulfide) groups is 1. The molecule has 0 heterocycles. The summed E-state index contributed by atoms with van der Waals surface area (Å²) in [7, 11) is 0. The Morgan fingerprint density at radius 2 is 1.43 bits per heavy atom. The molecule has 1 aliphatic carbocycles. The van der Waals surface area contributed by atoms with Gasteiger partial charge in [0.2, 0.25) is 5.78 Å². The summed E-state index contributed by atoms with van der Waals surface area (Å²) >= 11 is 4.73. The van der Waals surface area contributed by atoms with Gasteiger partial charge in [-0.3, -0.25) is 9.59 Å². The summed E-state index contributed by atoms with van der Waals surface area (Å²) in [6.45, 7) is 1.72.